The average Bonchev–Trinajstić information content (AvgIpc) is 2.39. The van der Waals surface area contributed by atoms with E-state index in [1.165, 1.54) is 17.5 Å². The Morgan fingerprint density at radius 3 is 2.44 bits per heavy atom. The van der Waals surface area contributed by atoms with Crippen LogP contribution in [-0.2, 0) is 6.42 Å². The zero-order valence-electron chi connectivity index (χ0n) is 11.4. The number of hydrogen-bond donors (Lipinski definition) is 2. The van der Waals surface area contributed by atoms with Crippen LogP contribution in [0.3, 0.4) is 0 Å². The molecule has 1 aromatic carbocycles. The second-order valence-corrected chi connectivity index (χ2v) is 6.00. The number of aryl methyl sites for hydroxylation is 1. The van der Waals surface area contributed by atoms with Crippen LogP contribution in [0, 0.1) is 5.92 Å². The van der Waals surface area contributed by atoms with E-state index >= 15 is 0 Å². The molecule has 0 amide bonds. The summed E-state index contributed by atoms with van der Waals surface area (Å²) >= 11 is 1.82. The predicted octanol–water partition coefficient (Wildman–Crippen LogP) is 3.00. The minimum Gasteiger partial charge on any atom is -0.396 e. The Morgan fingerprint density at radius 1 is 1.22 bits per heavy atom. The van der Waals surface area contributed by atoms with Crippen LogP contribution in [0.25, 0.3) is 0 Å². The third kappa shape index (κ3) is 5.42. The van der Waals surface area contributed by atoms with Crippen LogP contribution in [0.4, 0.5) is 0 Å². The molecule has 2 atom stereocenters. The van der Waals surface area contributed by atoms with Crippen molar-refractivity contribution in [2.45, 2.75) is 32.7 Å². The second-order valence-electron chi connectivity index (χ2n) is 4.92. The number of rotatable bonds is 8. The van der Waals surface area contributed by atoms with Gasteiger partial charge in [-0.3, -0.25) is 0 Å². The molecule has 102 valence electrons. The van der Waals surface area contributed by atoms with Crippen LogP contribution in [0.2, 0.25) is 0 Å². The summed E-state index contributed by atoms with van der Waals surface area (Å²) < 4.78 is 0. The molecule has 18 heavy (non-hydrogen) atoms. The molecule has 0 saturated heterocycles. The molecule has 0 fully saturated rings. The van der Waals surface area contributed by atoms with Crippen molar-refractivity contribution in [3.05, 3.63) is 35.4 Å². The summed E-state index contributed by atoms with van der Waals surface area (Å²) in [5.74, 6) is 2.24. The summed E-state index contributed by atoms with van der Waals surface area (Å²) in [4.78, 5) is 0. The summed E-state index contributed by atoms with van der Waals surface area (Å²) in [6.07, 6.45) is 2.32. The fourth-order valence-electron chi connectivity index (χ4n) is 1.77. The monoisotopic (exact) mass is 267 g/mol. The molecule has 0 heterocycles. The lowest BCUT2D eigenvalue weighted by atomic mass is 10.0. The molecule has 0 aromatic heterocycles. The van der Waals surface area contributed by atoms with Gasteiger partial charge in [-0.2, -0.15) is 11.8 Å². The van der Waals surface area contributed by atoms with Gasteiger partial charge in [0.15, 0.2) is 0 Å². The highest BCUT2D eigenvalue weighted by Crippen LogP contribution is 2.18. The van der Waals surface area contributed by atoms with Gasteiger partial charge in [0.25, 0.3) is 0 Å². The fraction of sp³-hybridized carbons (Fsp3) is 0.600. The Hall–Kier alpha value is -0.510. The molecule has 1 aromatic rings. The van der Waals surface area contributed by atoms with Crippen LogP contribution in [0.15, 0.2) is 24.3 Å². The molecule has 0 aliphatic rings. The van der Waals surface area contributed by atoms with Gasteiger partial charge >= 0.3 is 0 Å². The Kier molecular flexibility index (Phi) is 7.40. The number of aliphatic hydroxyl groups excluding tert-OH is 1. The van der Waals surface area contributed by atoms with E-state index in [2.05, 4.69) is 38.1 Å². The second kappa shape index (κ2) is 8.57. The normalized spacial score (nSPS) is 14.4. The first kappa shape index (κ1) is 15.5. The molecular weight excluding hydrogens is 242 g/mol. The number of nitrogens with two attached hydrogens (primary N) is 1. The van der Waals surface area contributed by atoms with Gasteiger partial charge in [-0.15, -0.1) is 0 Å². The third-order valence-corrected chi connectivity index (χ3v) is 4.36. The van der Waals surface area contributed by atoms with Gasteiger partial charge in [0.1, 0.15) is 0 Å². The Bertz CT molecular complexity index is 326. The highest BCUT2D eigenvalue weighted by atomic mass is 32.2. The SMILES string of the molecule is CCCc1ccc(C(N)CSCC(C)CO)cc1. The smallest absolute Gasteiger partial charge is 0.0464 e. The molecule has 0 spiro atoms. The Labute approximate surface area is 115 Å². The topological polar surface area (TPSA) is 46.2 Å². The van der Waals surface area contributed by atoms with Gasteiger partial charge < -0.3 is 10.8 Å². The molecule has 3 N–H and O–H groups in total. The highest BCUT2D eigenvalue weighted by Gasteiger charge is 2.07. The maximum absolute atomic E-state index is 8.95. The van der Waals surface area contributed by atoms with Crippen molar-refractivity contribution in [3.8, 4) is 0 Å². The Morgan fingerprint density at radius 2 is 1.89 bits per heavy atom. The molecular formula is C15H25NOS. The molecule has 2 unspecified atom stereocenters. The minimum absolute atomic E-state index is 0.0940. The molecule has 3 heteroatoms. The van der Waals surface area contributed by atoms with E-state index in [9.17, 15) is 0 Å². The van der Waals surface area contributed by atoms with Gasteiger partial charge in [0, 0.05) is 18.4 Å². The third-order valence-electron chi connectivity index (χ3n) is 2.96. The van der Waals surface area contributed by atoms with Gasteiger partial charge in [-0.1, -0.05) is 44.5 Å². The largest absolute Gasteiger partial charge is 0.396 e. The van der Waals surface area contributed by atoms with Crippen molar-refractivity contribution in [2.75, 3.05) is 18.1 Å². The first-order valence-electron chi connectivity index (χ1n) is 6.70. The number of thioether (sulfide) groups is 1. The number of aliphatic hydroxyl groups is 1. The van der Waals surface area contributed by atoms with E-state index in [-0.39, 0.29) is 12.6 Å². The summed E-state index contributed by atoms with van der Waals surface area (Å²) in [7, 11) is 0. The van der Waals surface area contributed by atoms with Crippen LogP contribution >= 0.6 is 11.8 Å². The maximum atomic E-state index is 8.95. The van der Waals surface area contributed by atoms with E-state index in [1.807, 2.05) is 11.8 Å². The zero-order valence-corrected chi connectivity index (χ0v) is 12.2. The quantitative estimate of drug-likeness (QED) is 0.761. The summed E-state index contributed by atoms with van der Waals surface area (Å²) in [6, 6.07) is 8.74. The molecule has 0 bridgehead atoms. The maximum Gasteiger partial charge on any atom is 0.0464 e. The van der Waals surface area contributed by atoms with Gasteiger partial charge in [0.05, 0.1) is 0 Å². The van der Waals surface area contributed by atoms with Crippen molar-refractivity contribution in [3.63, 3.8) is 0 Å². The van der Waals surface area contributed by atoms with Crippen molar-refractivity contribution in [1.29, 1.82) is 0 Å². The molecule has 0 aliphatic carbocycles. The highest BCUT2D eigenvalue weighted by molar-refractivity contribution is 7.99. The van der Waals surface area contributed by atoms with E-state index in [1.54, 1.807) is 0 Å². The number of hydrogen-bond acceptors (Lipinski definition) is 3. The molecule has 0 saturated carbocycles. The van der Waals surface area contributed by atoms with Gasteiger partial charge in [-0.05, 0) is 29.2 Å². The molecule has 1 rings (SSSR count). The first-order valence-corrected chi connectivity index (χ1v) is 7.85. The van der Waals surface area contributed by atoms with E-state index < -0.39 is 0 Å². The van der Waals surface area contributed by atoms with Crippen LogP contribution in [0.5, 0.6) is 0 Å². The molecule has 0 aliphatic heterocycles. The van der Waals surface area contributed by atoms with Gasteiger partial charge in [-0.25, -0.2) is 0 Å². The molecule has 2 nitrogen and oxygen atoms in total. The lowest BCUT2D eigenvalue weighted by Crippen LogP contribution is -2.14. The lowest BCUT2D eigenvalue weighted by molar-refractivity contribution is 0.250. The summed E-state index contributed by atoms with van der Waals surface area (Å²) in [6.45, 7) is 4.50. The van der Waals surface area contributed by atoms with Crippen molar-refractivity contribution in [2.24, 2.45) is 11.7 Å². The van der Waals surface area contributed by atoms with Gasteiger partial charge in [0.2, 0.25) is 0 Å². The van der Waals surface area contributed by atoms with Crippen molar-refractivity contribution >= 4 is 11.8 Å². The minimum atomic E-state index is 0.0940. The van der Waals surface area contributed by atoms with Crippen LogP contribution in [0.1, 0.15) is 37.4 Å². The Balaban J connectivity index is 2.39. The average molecular weight is 267 g/mol. The van der Waals surface area contributed by atoms with E-state index in [0.29, 0.717) is 5.92 Å². The standard InChI is InChI=1S/C15H25NOS/c1-3-4-13-5-7-14(8-6-13)15(16)11-18-10-12(2)9-17/h5-8,12,15,17H,3-4,9-11,16H2,1-2H3. The summed E-state index contributed by atoms with van der Waals surface area (Å²) in [5.41, 5.74) is 8.76. The van der Waals surface area contributed by atoms with Crippen LogP contribution < -0.4 is 5.73 Å². The van der Waals surface area contributed by atoms with Crippen molar-refractivity contribution < 1.29 is 5.11 Å². The van der Waals surface area contributed by atoms with E-state index in [0.717, 1.165) is 17.9 Å². The lowest BCUT2D eigenvalue weighted by Gasteiger charge is -2.14. The fourth-order valence-corrected chi connectivity index (χ4v) is 2.86. The number of benzene rings is 1. The summed E-state index contributed by atoms with van der Waals surface area (Å²) in [5, 5.41) is 8.95. The molecule has 0 radical (unpaired) electrons. The first-order chi connectivity index (χ1) is 8.67. The van der Waals surface area contributed by atoms with E-state index in [4.69, 9.17) is 10.8 Å². The van der Waals surface area contributed by atoms with Crippen molar-refractivity contribution in [1.82, 2.24) is 0 Å². The van der Waals surface area contributed by atoms with Crippen LogP contribution in [-0.4, -0.2) is 23.2 Å². The zero-order chi connectivity index (χ0) is 13.4. The predicted molar refractivity (Wildman–Crippen MR) is 80.9 cm³/mol.